The molecule has 10 nitrogen and oxygen atoms in total. The van der Waals surface area contributed by atoms with Gasteiger partial charge in [-0.05, 0) is 43.3 Å². The number of amides is 1. The van der Waals surface area contributed by atoms with Gasteiger partial charge in [-0.15, -0.1) is 0 Å². The van der Waals surface area contributed by atoms with Crippen LogP contribution in [0.5, 0.6) is 11.5 Å². The molecule has 182 valence electrons. The number of rotatable bonds is 11. The van der Waals surface area contributed by atoms with Gasteiger partial charge in [0.15, 0.2) is 0 Å². The molecule has 0 saturated heterocycles. The van der Waals surface area contributed by atoms with Crippen LogP contribution in [0.1, 0.15) is 6.92 Å². The van der Waals surface area contributed by atoms with E-state index in [-0.39, 0.29) is 18.0 Å². The first-order valence-electron chi connectivity index (χ1n) is 9.94. The van der Waals surface area contributed by atoms with Crippen LogP contribution >= 0.6 is 0 Å². The molecule has 12 heteroatoms. The number of anilines is 1. The van der Waals surface area contributed by atoms with E-state index in [0.717, 1.165) is 14.9 Å². The molecule has 33 heavy (non-hydrogen) atoms. The Kier molecular flexibility index (Phi) is 8.69. The standard InChI is InChI=1S/C21H29N3O7S2/c1-16(24(32(5,26)27)17-7-6-8-19(15-17)30-4)21(25)22-13-14-31-18-9-11-20(12-10-18)33(28,29)23(2)3/h6-12,15-16H,13-14H2,1-5H3,(H,22,25)/t16-/m1/s1. The highest BCUT2D eigenvalue weighted by atomic mass is 32.2. The molecule has 0 aliphatic heterocycles. The number of ether oxygens (including phenoxy) is 2. The van der Waals surface area contributed by atoms with E-state index in [2.05, 4.69) is 5.32 Å². The van der Waals surface area contributed by atoms with E-state index in [1.807, 2.05) is 0 Å². The third-order valence-corrected chi connectivity index (χ3v) is 7.74. The molecule has 1 amide bonds. The zero-order valence-corrected chi connectivity index (χ0v) is 20.8. The fourth-order valence-corrected chi connectivity index (χ4v) is 5.03. The lowest BCUT2D eigenvalue weighted by molar-refractivity contribution is -0.121. The van der Waals surface area contributed by atoms with Crippen molar-refractivity contribution in [1.29, 1.82) is 0 Å². The molecule has 1 atom stereocenters. The third kappa shape index (κ3) is 6.83. The summed E-state index contributed by atoms with van der Waals surface area (Å²) in [7, 11) is -2.92. The van der Waals surface area contributed by atoms with Crippen LogP contribution in [0.25, 0.3) is 0 Å². The lowest BCUT2D eigenvalue weighted by Crippen LogP contribution is -2.48. The number of carbonyl (C=O) groups excluding carboxylic acids is 1. The summed E-state index contributed by atoms with van der Waals surface area (Å²) in [5.74, 6) is 0.398. The molecule has 2 rings (SSSR count). The van der Waals surface area contributed by atoms with Gasteiger partial charge in [-0.2, -0.15) is 0 Å². The summed E-state index contributed by atoms with van der Waals surface area (Å²) in [4.78, 5) is 12.8. The van der Waals surface area contributed by atoms with Gasteiger partial charge in [0.1, 0.15) is 24.1 Å². The molecule has 0 aromatic heterocycles. The SMILES string of the molecule is COc1cccc(N([C@H](C)C(=O)NCCOc2ccc(S(=O)(=O)N(C)C)cc2)S(C)(=O)=O)c1. The summed E-state index contributed by atoms with van der Waals surface area (Å²) >= 11 is 0. The number of nitrogens with one attached hydrogen (secondary N) is 1. The number of nitrogens with zero attached hydrogens (tertiary/aromatic N) is 2. The number of sulfonamides is 2. The largest absolute Gasteiger partial charge is 0.497 e. The number of benzene rings is 2. The lowest BCUT2D eigenvalue weighted by atomic mass is 10.2. The van der Waals surface area contributed by atoms with Gasteiger partial charge in [0.25, 0.3) is 0 Å². The Balaban J connectivity index is 1.97. The third-order valence-electron chi connectivity index (χ3n) is 4.67. The van der Waals surface area contributed by atoms with Crippen molar-refractivity contribution in [1.82, 2.24) is 9.62 Å². The Bertz CT molecular complexity index is 1160. The van der Waals surface area contributed by atoms with Gasteiger partial charge in [0.2, 0.25) is 26.0 Å². The van der Waals surface area contributed by atoms with Crippen molar-refractivity contribution >= 4 is 31.6 Å². The Morgan fingerprint density at radius 2 is 1.67 bits per heavy atom. The van der Waals surface area contributed by atoms with Gasteiger partial charge in [0, 0.05) is 20.2 Å². The monoisotopic (exact) mass is 499 g/mol. The maximum Gasteiger partial charge on any atom is 0.243 e. The highest BCUT2D eigenvalue weighted by Gasteiger charge is 2.29. The number of hydrogen-bond donors (Lipinski definition) is 1. The van der Waals surface area contributed by atoms with Gasteiger partial charge < -0.3 is 14.8 Å². The topological polar surface area (TPSA) is 122 Å². The van der Waals surface area contributed by atoms with Crippen LogP contribution in [0.4, 0.5) is 5.69 Å². The second-order valence-electron chi connectivity index (χ2n) is 7.33. The summed E-state index contributed by atoms with van der Waals surface area (Å²) in [6.45, 7) is 1.72. The second kappa shape index (κ2) is 10.9. The van der Waals surface area contributed by atoms with Crippen molar-refractivity contribution in [3.63, 3.8) is 0 Å². The zero-order chi connectivity index (χ0) is 24.8. The fraction of sp³-hybridized carbons (Fsp3) is 0.381. The summed E-state index contributed by atoms with van der Waals surface area (Å²) in [5, 5.41) is 2.65. The van der Waals surface area contributed by atoms with Gasteiger partial charge in [0.05, 0.1) is 30.5 Å². The number of carbonyl (C=O) groups is 1. The van der Waals surface area contributed by atoms with Crippen molar-refractivity contribution in [3.8, 4) is 11.5 Å². The minimum absolute atomic E-state index is 0.107. The Morgan fingerprint density at radius 3 is 2.21 bits per heavy atom. The molecule has 0 heterocycles. The summed E-state index contributed by atoms with van der Waals surface area (Å²) in [6.07, 6.45) is 1.03. The molecule has 0 saturated carbocycles. The number of hydrogen-bond acceptors (Lipinski definition) is 7. The smallest absolute Gasteiger partial charge is 0.243 e. The van der Waals surface area contributed by atoms with Crippen LogP contribution in [0.2, 0.25) is 0 Å². The first-order chi connectivity index (χ1) is 15.4. The zero-order valence-electron chi connectivity index (χ0n) is 19.2. The summed E-state index contributed by atoms with van der Waals surface area (Å²) < 4.78 is 61.7. The summed E-state index contributed by atoms with van der Waals surface area (Å²) in [5.41, 5.74) is 0.309. The quantitative estimate of drug-likeness (QED) is 0.462. The molecule has 0 radical (unpaired) electrons. The van der Waals surface area contributed by atoms with Crippen molar-refractivity contribution < 1.29 is 31.1 Å². The van der Waals surface area contributed by atoms with Crippen LogP contribution in [0.15, 0.2) is 53.4 Å². The van der Waals surface area contributed by atoms with E-state index < -0.39 is 32.0 Å². The molecule has 2 aromatic carbocycles. The van der Waals surface area contributed by atoms with E-state index in [0.29, 0.717) is 17.2 Å². The summed E-state index contributed by atoms with van der Waals surface area (Å²) in [6, 6.07) is 11.3. The van der Waals surface area contributed by atoms with Gasteiger partial charge in [-0.25, -0.2) is 21.1 Å². The predicted molar refractivity (Wildman–Crippen MR) is 126 cm³/mol. The molecule has 0 unspecified atom stereocenters. The van der Waals surface area contributed by atoms with Gasteiger partial charge >= 0.3 is 0 Å². The van der Waals surface area contributed by atoms with Crippen LogP contribution in [0, 0.1) is 0 Å². The fourth-order valence-electron chi connectivity index (χ4n) is 2.97. The predicted octanol–water partition coefficient (Wildman–Crippen LogP) is 1.30. The van der Waals surface area contributed by atoms with Crippen LogP contribution < -0.4 is 19.1 Å². The molecular weight excluding hydrogens is 470 g/mol. The van der Waals surface area contributed by atoms with Gasteiger partial charge in [-0.1, -0.05) is 6.07 Å². The van der Waals surface area contributed by atoms with E-state index in [1.165, 1.54) is 58.5 Å². The maximum atomic E-state index is 12.6. The lowest BCUT2D eigenvalue weighted by Gasteiger charge is -2.28. The van der Waals surface area contributed by atoms with E-state index in [4.69, 9.17) is 9.47 Å². The maximum absolute atomic E-state index is 12.6. The minimum Gasteiger partial charge on any atom is -0.497 e. The molecule has 0 aliphatic carbocycles. The van der Waals surface area contributed by atoms with E-state index >= 15 is 0 Å². The molecule has 0 bridgehead atoms. The van der Waals surface area contributed by atoms with Crippen LogP contribution in [-0.4, -0.2) is 73.7 Å². The van der Waals surface area contributed by atoms with E-state index in [1.54, 1.807) is 18.2 Å². The normalized spacial score (nSPS) is 12.8. The average Bonchev–Trinajstić information content (AvgIpc) is 2.76. The van der Waals surface area contributed by atoms with Crippen molar-refractivity contribution in [2.75, 3.05) is 44.9 Å². The van der Waals surface area contributed by atoms with Crippen LogP contribution in [-0.2, 0) is 24.8 Å². The van der Waals surface area contributed by atoms with Crippen molar-refractivity contribution in [2.24, 2.45) is 0 Å². The highest BCUT2D eigenvalue weighted by molar-refractivity contribution is 7.92. The molecular formula is C21H29N3O7S2. The molecule has 0 spiro atoms. The van der Waals surface area contributed by atoms with Crippen molar-refractivity contribution in [3.05, 3.63) is 48.5 Å². The van der Waals surface area contributed by atoms with Crippen LogP contribution in [0.3, 0.4) is 0 Å². The Hall–Kier alpha value is -2.83. The molecule has 2 aromatic rings. The minimum atomic E-state index is -3.75. The molecule has 1 N–H and O–H groups in total. The molecule has 0 fully saturated rings. The first-order valence-corrected chi connectivity index (χ1v) is 13.2. The Morgan fingerprint density at radius 1 is 1.03 bits per heavy atom. The number of methoxy groups -OCH3 is 1. The molecule has 0 aliphatic rings. The Labute approximate surface area is 195 Å². The van der Waals surface area contributed by atoms with Crippen molar-refractivity contribution in [2.45, 2.75) is 17.9 Å². The average molecular weight is 500 g/mol. The second-order valence-corrected chi connectivity index (χ2v) is 11.3. The van der Waals surface area contributed by atoms with Gasteiger partial charge in [-0.3, -0.25) is 9.10 Å². The first kappa shape index (κ1) is 26.4. The highest BCUT2D eigenvalue weighted by Crippen LogP contribution is 2.25. The van der Waals surface area contributed by atoms with E-state index in [9.17, 15) is 21.6 Å².